The summed E-state index contributed by atoms with van der Waals surface area (Å²) >= 11 is 0. The number of pyridine rings is 1. The smallest absolute Gasteiger partial charge is 0.160 e. The van der Waals surface area contributed by atoms with E-state index < -0.39 is 0 Å². The van der Waals surface area contributed by atoms with E-state index in [1.54, 1.807) is 6.20 Å². The van der Waals surface area contributed by atoms with Gasteiger partial charge >= 0.3 is 0 Å². The fourth-order valence-electron chi connectivity index (χ4n) is 2.20. The molecule has 0 aliphatic heterocycles. The van der Waals surface area contributed by atoms with Gasteiger partial charge in [-0.05, 0) is 27.7 Å². The van der Waals surface area contributed by atoms with Gasteiger partial charge in [-0.2, -0.15) is 5.10 Å². The van der Waals surface area contributed by atoms with Crippen LogP contribution in [-0.4, -0.2) is 27.3 Å². The standard InChI is InChI=1S/C12H19N5/c1-7(2)17(8(3)4)12-9-6-14-11(13)5-10(9)15-16-12/h5-8H,1-4H3,(H2,13,14)(H,15,16). The van der Waals surface area contributed by atoms with Gasteiger partial charge in [-0.1, -0.05) is 0 Å². The van der Waals surface area contributed by atoms with Crippen molar-refractivity contribution < 1.29 is 0 Å². The summed E-state index contributed by atoms with van der Waals surface area (Å²) in [5.74, 6) is 1.45. The van der Waals surface area contributed by atoms with E-state index in [-0.39, 0.29) is 0 Å². The highest BCUT2D eigenvalue weighted by Gasteiger charge is 2.19. The minimum Gasteiger partial charge on any atom is -0.384 e. The van der Waals surface area contributed by atoms with Gasteiger partial charge in [0.05, 0.1) is 10.9 Å². The molecule has 0 aromatic carbocycles. The van der Waals surface area contributed by atoms with Crippen LogP contribution < -0.4 is 10.6 Å². The second kappa shape index (κ2) is 4.24. The highest BCUT2D eigenvalue weighted by atomic mass is 15.3. The van der Waals surface area contributed by atoms with E-state index in [2.05, 4.69) is 47.8 Å². The van der Waals surface area contributed by atoms with Crippen LogP contribution in [0.25, 0.3) is 10.9 Å². The summed E-state index contributed by atoms with van der Waals surface area (Å²) in [7, 11) is 0. The summed E-state index contributed by atoms with van der Waals surface area (Å²) in [6.45, 7) is 8.63. The number of fused-ring (bicyclic) bond motifs is 1. The van der Waals surface area contributed by atoms with Crippen molar-refractivity contribution in [3.05, 3.63) is 12.3 Å². The zero-order chi connectivity index (χ0) is 12.6. The normalized spacial score (nSPS) is 11.6. The quantitative estimate of drug-likeness (QED) is 0.852. The molecule has 0 unspecified atom stereocenters. The number of aromatic amines is 1. The molecule has 5 nitrogen and oxygen atoms in total. The molecular weight excluding hydrogens is 214 g/mol. The van der Waals surface area contributed by atoms with Crippen molar-refractivity contribution in [2.75, 3.05) is 10.6 Å². The van der Waals surface area contributed by atoms with Crippen LogP contribution in [0.1, 0.15) is 27.7 Å². The van der Waals surface area contributed by atoms with E-state index >= 15 is 0 Å². The van der Waals surface area contributed by atoms with Crippen molar-refractivity contribution in [2.24, 2.45) is 0 Å². The first-order valence-electron chi connectivity index (χ1n) is 5.88. The maximum Gasteiger partial charge on any atom is 0.160 e. The van der Waals surface area contributed by atoms with Gasteiger partial charge in [-0.25, -0.2) is 4.98 Å². The van der Waals surface area contributed by atoms with Gasteiger partial charge < -0.3 is 10.6 Å². The van der Waals surface area contributed by atoms with Crippen molar-refractivity contribution in [3.8, 4) is 0 Å². The highest BCUT2D eigenvalue weighted by molar-refractivity contribution is 5.90. The SMILES string of the molecule is CC(C)N(c1n[nH]c2cc(N)ncc12)C(C)C. The molecule has 0 saturated heterocycles. The second-order valence-electron chi connectivity index (χ2n) is 4.80. The van der Waals surface area contributed by atoms with Crippen molar-refractivity contribution in [3.63, 3.8) is 0 Å². The summed E-state index contributed by atoms with van der Waals surface area (Å²) in [4.78, 5) is 6.39. The van der Waals surface area contributed by atoms with Gasteiger partial charge in [-0.3, -0.25) is 5.10 Å². The lowest BCUT2D eigenvalue weighted by atomic mass is 10.2. The second-order valence-corrected chi connectivity index (χ2v) is 4.80. The summed E-state index contributed by atoms with van der Waals surface area (Å²) in [6, 6.07) is 2.59. The topological polar surface area (TPSA) is 70.8 Å². The first-order chi connectivity index (χ1) is 8.00. The average molecular weight is 233 g/mol. The van der Waals surface area contributed by atoms with Gasteiger partial charge in [-0.15, -0.1) is 0 Å². The zero-order valence-corrected chi connectivity index (χ0v) is 10.7. The number of H-pyrrole nitrogens is 1. The predicted octanol–water partition coefficient (Wildman–Crippen LogP) is 2.16. The van der Waals surface area contributed by atoms with Crippen LogP contribution in [0.2, 0.25) is 0 Å². The molecular formula is C12H19N5. The third-order valence-electron chi connectivity index (χ3n) is 2.81. The van der Waals surface area contributed by atoms with Crippen LogP contribution in [0.15, 0.2) is 12.3 Å². The molecule has 2 rings (SSSR count). The van der Waals surface area contributed by atoms with Crippen molar-refractivity contribution in [1.82, 2.24) is 15.2 Å². The van der Waals surface area contributed by atoms with Gasteiger partial charge in [0.15, 0.2) is 5.82 Å². The van der Waals surface area contributed by atoms with Crippen LogP contribution in [-0.2, 0) is 0 Å². The van der Waals surface area contributed by atoms with Gasteiger partial charge in [0.2, 0.25) is 0 Å². The van der Waals surface area contributed by atoms with E-state index in [1.165, 1.54) is 0 Å². The number of nitrogens with one attached hydrogen (secondary N) is 1. The molecule has 0 aliphatic rings. The number of rotatable bonds is 3. The van der Waals surface area contributed by atoms with Crippen LogP contribution in [0, 0.1) is 0 Å². The van der Waals surface area contributed by atoms with E-state index in [0.717, 1.165) is 16.7 Å². The lowest BCUT2D eigenvalue weighted by Crippen LogP contribution is -2.37. The number of nitrogens with two attached hydrogens (primary N) is 1. The van der Waals surface area contributed by atoms with Gasteiger partial charge in [0.25, 0.3) is 0 Å². The van der Waals surface area contributed by atoms with Crippen molar-refractivity contribution in [2.45, 2.75) is 39.8 Å². The third kappa shape index (κ3) is 2.05. The van der Waals surface area contributed by atoms with E-state index in [9.17, 15) is 0 Å². The van der Waals surface area contributed by atoms with E-state index in [4.69, 9.17) is 5.73 Å². The molecule has 0 fully saturated rings. The van der Waals surface area contributed by atoms with Crippen molar-refractivity contribution in [1.29, 1.82) is 0 Å². The third-order valence-corrected chi connectivity index (χ3v) is 2.81. The molecule has 0 radical (unpaired) electrons. The van der Waals surface area contributed by atoms with Crippen LogP contribution >= 0.6 is 0 Å². The molecule has 3 N–H and O–H groups in total. The molecule has 2 heterocycles. The summed E-state index contributed by atoms with van der Waals surface area (Å²) in [6.07, 6.45) is 1.78. The maximum absolute atomic E-state index is 5.66. The Morgan fingerprint density at radius 1 is 1.24 bits per heavy atom. The van der Waals surface area contributed by atoms with Crippen LogP contribution in [0.5, 0.6) is 0 Å². The molecule has 17 heavy (non-hydrogen) atoms. The first-order valence-corrected chi connectivity index (χ1v) is 5.88. The predicted molar refractivity (Wildman–Crippen MR) is 71.1 cm³/mol. The number of anilines is 2. The van der Waals surface area contributed by atoms with Gasteiger partial charge in [0.1, 0.15) is 5.82 Å². The molecule has 2 aromatic heterocycles. The van der Waals surface area contributed by atoms with E-state index in [1.807, 2.05) is 6.07 Å². The fourth-order valence-corrected chi connectivity index (χ4v) is 2.20. The molecule has 2 aromatic rings. The summed E-state index contributed by atoms with van der Waals surface area (Å²) in [5.41, 5.74) is 6.59. The fraction of sp³-hybridized carbons (Fsp3) is 0.500. The molecule has 5 heteroatoms. The number of hydrogen-bond donors (Lipinski definition) is 2. The minimum absolute atomic E-state index is 0.388. The summed E-state index contributed by atoms with van der Waals surface area (Å²) < 4.78 is 0. The largest absolute Gasteiger partial charge is 0.384 e. The molecule has 0 bridgehead atoms. The monoisotopic (exact) mass is 233 g/mol. The van der Waals surface area contributed by atoms with Crippen LogP contribution in [0.4, 0.5) is 11.6 Å². The number of nitrogen functional groups attached to an aromatic ring is 1. The Morgan fingerprint density at radius 2 is 1.88 bits per heavy atom. The lowest BCUT2D eigenvalue weighted by Gasteiger charge is -2.30. The Kier molecular flexibility index (Phi) is 2.92. The Morgan fingerprint density at radius 3 is 2.47 bits per heavy atom. The molecule has 0 amide bonds. The molecule has 0 saturated carbocycles. The molecule has 0 aliphatic carbocycles. The highest BCUT2D eigenvalue weighted by Crippen LogP contribution is 2.27. The Labute approximate surface area is 101 Å². The zero-order valence-electron chi connectivity index (χ0n) is 10.7. The molecule has 92 valence electrons. The summed E-state index contributed by atoms with van der Waals surface area (Å²) in [5, 5.41) is 8.41. The van der Waals surface area contributed by atoms with Crippen LogP contribution in [0.3, 0.4) is 0 Å². The minimum atomic E-state index is 0.388. The Balaban J connectivity index is 2.54. The number of nitrogens with zero attached hydrogens (tertiary/aromatic N) is 3. The Hall–Kier alpha value is -1.78. The number of hydrogen-bond acceptors (Lipinski definition) is 4. The van der Waals surface area contributed by atoms with E-state index in [0.29, 0.717) is 17.9 Å². The molecule has 0 atom stereocenters. The molecule has 0 spiro atoms. The lowest BCUT2D eigenvalue weighted by molar-refractivity contribution is 0.601. The maximum atomic E-state index is 5.66. The number of aromatic nitrogens is 3. The first kappa shape index (κ1) is 11.7. The average Bonchev–Trinajstić information content (AvgIpc) is 2.60. The van der Waals surface area contributed by atoms with Gasteiger partial charge in [0, 0.05) is 24.3 Å². The Bertz CT molecular complexity index is 507. The van der Waals surface area contributed by atoms with Crippen molar-refractivity contribution >= 4 is 22.5 Å².